The van der Waals surface area contributed by atoms with Crippen LogP contribution in [0.15, 0.2) is 67.1 Å². The van der Waals surface area contributed by atoms with E-state index in [0.717, 1.165) is 11.4 Å². The maximum atomic E-state index is 12.4. The molecule has 0 aliphatic carbocycles. The molecular formula is C15H13N3O2. The van der Waals surface area contributed by atoms with Gasteiger partial charge in [0.1, 0.15) is 6.26 Å². The summed E-state index contributed by atoms with van der Waals surface area (Å²) in [5.74, 6) is -0.172. The number of nitrogens with one attached hydrogen (secondary N) is 2. The molecule has 2 aromatic rings. The highest BCUT2D eigenvalue weighted by Crippen LogP contribution is 2.22. The van der Waals surface area contributed by atoms with Gasteiger partial charge in [-0.1, -0.05) is 35.9 Å². The van der Waals surface area contributed by atoms with E-state index in [9.17, 15) is 4.79 Å². The van der Waals surface area contributed by atoms with E-state index >= 15 is 0 Å². The summed E-state index contributed by atoms with van der Waals surface area (Å²) < 4.78 is 0. The van der Waals surface area contributed by atoms with Gasteiger partial charge in [-0.25, -0.2) is 5.01 Å². The number of anilines is 2. The average Bonchev–Trinajstić information content (AvgIpc) is 3.02. The molecule has 0 aromatic heterocycles. The van der Waals surface area contributed by atoms with Crippen molar-refractivity contribution in [3.63, 3.8) is 0 Å². The first-order valence-corrected chi connectivity index (χ1v) is 6.17. The highest BCUT2D eigenvalue weighted by molar-refractivity contribution is 6.08. The van der Waals surface area contributed by atoms with Crippen LogP contribution in [0.2, 0.25) is 0 Å². The van der Waals surface area contributed by atoms with E-state index in [2.05, 4.69) is 10.9 Å². The van der Waals surface area contributed by atoms with Crippen LogP contribution in [0.3, 0.4) is 0 Å². The minimum atomic E-state index is -0.172. The molecule has 0 saturated carbocycles. The number of amides is 1. The molecule has 0 unspecified atom stereocenters. The summed E-state index contributed by atoms with van der Waals surface area (Å²) >= 11 is 0. The molecule has 2 N–H and O–H groups in total. The largest absolute Gasteiger partial charge is 0.395 e. The summed E-state index contributed by atoms with van der Waals surface area (Å²) in [5, 5.41) is 4.50. The smallest absolute Gasteiger partial charge is 0.257 e. The van der Waals surface area contributed by atoms with Crippen molar-refractivity contribution in [3.05, 3.63) is 72.6 Å². The van der Waals surface area contributed by atoms with Gasteiger partial charge in [0, 0.05) is 5.69 Å². The summed E-state index contributed by atoms with van der Waals surface area (Å²) in [6.07, 6.45) is 3.21. The Morgan fingerprint density at radius 2 is 1.80 bits per heavy atom. The summed E-state index contributed by atoms with van der Waals surface area (Å²) in [5.41, 5.74) is 4.70. The lowest BCUT2D eigenvalue weighted by Crippen LogP contribution is -2.29. The van der Waals surface area contributed by atoms with E-state index in [1.165, 1.54) is 6.26 Å². The van der Waals surface area contributed by atoms with Gasteiger partial charge in [-0.2, -0.15) is 0 Å². The number of benzene rings is 2. The summed E-state index contributed by atoms with van der Waals surface area (Å²) in [7, 11) is 0. The number of hydrogen-bond acceptors (Lipinski definition) is 4. The van der Waals surface area contributed by atoms with Gasteiger partial charge in [0.2, 0.25) is 0 Å². The Bertz CT molecular complexity index is 641. The zero-order chi connectivity index (χ0) is 13.8. The quantitative estimate of drug-likeness (QED) is 0.897. The predicted molar refractivity (Wildman–Crippen MR) is 76.7 cm³/mol. The van der Waals surface area contributed by atoms with Crippen molar-refractivity contribution in [1.29, 1.82) is 0 Å². The molecule has 1 aliphatic heterocycles. The summed E-state index contributed by atoms with van der Waals surface area (Å²) in [6.45, 7) is 0. The van der Waals surface area contributed by atoms with Crippen LogP contribution < -0.4 is 15.9 Å². The van der Waals surface area contributed by atoms with Crippen molar-refractivity contribution in [3.8, 4) is 0 Å². The molecule has 1 aliphatic rings. The number of hydrazine groups is 1. The molecule has 0 fully saturated rings. The molecule has 100 valence electrons. The van der Waals surface area contributed by atoms with Crippen molar-refractivity contribution < 1.29 is 9.63 Å². The molecule has 0 atom stereocenters. The minimum absolute atomic E-state index is 0.172. The van der Waals surface area contributed by atoms with E-state index in [0.29, 0.717) is 5.56 Å². The van der Waals surface area contributed by atoms with Gasteiger partial charge in [0.05, 0.1) is 17.5 Å². The first-order valence-electron chi connectivity index (χ1n) is 6.17. The Morgan fingerprint density at radius 3 is 2.55 bits per heavy atom. The predicted octanol–water partition coefficient (Wildman–Crippen LogP) is 2.67. The number of carbonyl (C=O) groups is 1. The molecule has 20 heavy (non-hydrogen) atoms. The Morgan fingerprint density at radius 1 is 1.05 bits per heavy atom. The molecular weight excluding hydrogens is 254 g/mol. The number of hydrogen-bond donors (Lipinski definition) is 2. The van der Waals surface area contributed by atoms with Gasteiger partial charge in [0.25, 0.3) is 5.91 Å². The average molecular weight is 267 g/mol. The first kappa shape index (κ1) is 12.3. The zero-order valence-corrected chi connectivity index (χ0v) is 10.6. The maximum absolute atomic E-state index is 12.4. The third-order valence-electron chi connectivity index (χ3n) is 2.87. The second-order valence-corrected chi connectivity index (χ2v) is 4.20. The lowest BCUT2D eigenvalue weighted by Gasteiger charge is -2.17. The van der Waals surface area contributed by atoms with Crippen LogP contribution in [-0.4, -0.2) is 5.91 Å². The highest BCUT2D eigenvalue weighted by atomic mass is 16.7. The molecule has 0 bridgehead atoms. The van der Waals surface area contributed by atoms with Crippen LogP contribution in [0.1, 0.15) is 10.4 Å². The van der Waals surface area contributed by atoms with Crippen molar-refractivity contribution >= 4 is 17.3 Å². The fraction of sp³-hybridized carbons (Fsp3) is 0. The number of para-hydroxylation sites is 2. The lowest BCUT2D eigenvalue weighted by atomic mass is 10.1. The molecule has 5 nitrogen and oxygen atoms in total. The lowest BCUT2D eigenvalue weighted by molar-refractivity contribution is 0.102. The van der Waals surface area contributed by atoms with Gasteiger partial charge in [-0.05, 0) is 24.3 Å². The van der Waals surface area contributed by atoms with E-state index in [1.807, 2.05) is 48.5 Å². The van der Waals surface area contributed by atoms with Crippen LogP contribution in [0.4, 0.5) is 11.4 Å². The topological polar surface area (TPSA) is 53.6 Å². The Labute approximate surface area is 116 Å². The molecule has 3 rings (SSSR count). The molecule has 5 heteroatoms. The Hall–Kier alpha value is -2.79. The third kappa shape index (κ3) is 2.48. The first-order chi connectivity index (χ1) is 9.84. The Balaban J connectivity index is 1.86. The summed E-state index contributed by atoms with van der Waals surface area (Å²) in [6, 6.07) is 16.6. The minimum Gasteiger partial charge on any atom is -0.395 e. The molecule has 0 spiro atoms. The monoisotopic (exact) mass is 267 g/mol. The highest BCUT2D eigenvalue weighted by Gasteiger charge is 2.17. The van der Waals surface area contributed by atoms with Gasteiger partial charge in [-0.15, -0.1) is 0 Å². The van der Waals surface area contributed by atoms with Crippen molar-refractivity contribution in [2.24, 2.45) is 0 Å². The van der Waals surface area contributed by atoms with Gasteiger partial charge < -0.3 is 10.2 Å². The number of nitrogens with zero attached hydrogens (tertiary/aromatic N) is 1. The molecule has 1 heterocycles. The van der Waals surface area contributed by atoms with Gasteiger partial charge in [-0.3, -0.25) is 4.79 Å². The fourth-order valence-electron chi connectivity index (χ4n) is 1.93. The molecule has 1 amide bonds. The molecule has 0 radical (unpaired) electrons. The van der Waals surface area contributed by atoms with Crippen molar-refractivity contribution in [2.45, 2.75) is 0 Å². The van der Waals surface area contributed by atoms with Crippen LogP contribution in [-0.2, 0) is 4.84 Å². The maximum Gasteiger partial charge on any atom is 0.257 e. The van der Waals surface area contributed by atoms with E-state index in [4.69, 9.17) is 4.84 Å². The second kappa shape index (κ2) is 5.46. The SMILES string of the molecule is O=C(Nc1ccccc1)c1ccccc1N1C=CON1. The normalized spacial score (nSPS) is 13.1. The van der Waals surface area contributed by atoms with E-state index < -0.39 is 0 Å². The van der Waals surface area contributed by atoms with E-state index in [-0.39, 0.29) is 5.91 Å². The van der Waals surface area contributed by atoms with Crippen LogP contribution in [0.5, 0.6) is 0 Å². The number of rotatable bonds is 3. The van der Waals surface area contributed by atoms with Crippen LogP contribution >= 0.6 is 0 Å². The van der Waals surface area contributed by atoms with Gasteiger partial charge in [0.15, 0.2) is 0 Å². The van der Waals surface area contributed by atoms with E-state index in [1.54, 1.807) is 17.3 Å². The fourth-order valence-corrected chi connectivity index (χ4v) is 1.93. The standard InChI is InChI=1S/C15H13N3O2/c19-15(16-12-6-2-1-3-7-12)13-8-4-5-9-14(13)18-10-11-20-17-18/h1-11,17H,(H,16,19). The van der Waals surface area contributed by atoms with Crippen molar-refractivity contribution in [2.75, 3.05) is 10.3 Å². The van der Waals surface area contributed by atoms with Crippen molar-refractivity contribution in [1.82, 2.24) is 5.59 Å². The third-order valence-corrected chi connectivity index (χ3v) is 2.87. The molecule has 2 aromatic carbocycles. The van der Waals surface area contributed by atoms with Crippen LogP contribution in [0.25, 0.3) is 0 Å². The summed E-state index contributed by atoms with van der Waals surface area (Å²) in [4.78, 5) is 17.3. The van der Waals surface area contributed by atoms with Gasteiger partial charge >= 0.3 is 0 Å². The second-order valence-electron chi connectivity index (χ2n) is 4.20. The zero-order valence-electron chi connectivity index (χ0n) is 10.6. The number of carbonyl (C=O) groups excluding carboxylic acids is 1. The van der Waals surface area contributed by atoms with Crippen LogP contribution in [0, 0.1) is 0 Å². The molecule has 0 saturated heterocycles. The Kier molecular flexibility index (Phi) is 3.34.